The number of nitrogen functional groups attached to an aromatic ring is 2. The Bertz CT molecular complexity index is 828. The molecule has 3 rings (SSSR count). The number of ether oxygens (including phenoxy) is 1. The molecule has 0 spiro atoms. The summed E-state index contributed by atoms with van der Waals surface area (Å²) >= 11 is 0. The van der Waals surface area contributed by atoms with Gasteiger partial charge in [0.1, 0.15) is 5.75 Å². The predicted octanol–water partition coefficient (Wildman–Crippen LogP) is 3.22. The van der Waals surface area contributed by atoms with Crippen LogP contribution in [0.4, 0.5) is 11.4 Å². The average molecular weight is 278 g/mol. The molecular weight excluding hydrogens is 264 g/mol. The monoisotopic (exact) mass is 278 g/mol. The van der Waals surface area contributed by atoms with Crippen LogP contribution in [-0.4, -0.2) is 5.97 Å². The first-order chi connectivity index (χ1) is 10.1. The zero-order chi connectivity index (χ0) is 14.8. The van der Waals surface area contributed by atoms with E-state index in [2.05, 4.69) is 0 Å². The molecular formula is C17H14N2O2. The van der Waals surface area contributed by atoms with Crippen LogP contribution in [0.15, 0.2) is 60.7 Å². The predicted molar refractivity (Wildman–Crippen MR) is 84.2 cm³/mol. The van der Waals surface area contributed by atoms with Crippen LogP contribution in [0.3, 0.4) is 0 Å². The molecule has 0 aliphatic heterocycles. The third-order valence-electron chi connectivity index (χ3n) is 3.24. The van der Waals surface area contributed by atoms with Crippen molar-refractivity contribution in [2.24, 2.45) is 0 Å². The lowest BCUT2D eigenvalue weighted by Gasteiger charge is -2.09. The van der Waals surface area contributed by atoms with Gasteiger partial charge in [0.25, 0.3) is 0 Å². The Morgan fingerprint density at radius 2 is 1.57 bits per heavy atom. The average Bonchev–Trinajstić information content (AvgIpc) is 2.48. The first-order valence-electron chi connectivity index (χ1n) is 6.50. The van der Waals surface area contributed by atoms with Crippen LogP contribution < -0.4 is 16.2 Å². The molecule has 4 N–H and O–H groups in total. The fraction of sp³-hybridized carbons (Fsp3) is 0. The summed E-state index contributed by atoms with van der Waals surface area (Å²) in [5, 5.41) is 1.66. The molecule has 0 unspecified atom stereocenters. The fourth-order valence-corrected chi connectivity index (χ4v) is 2.22. The van der Waals surface area contributed by atoms with E-state index in [0.29, 0.717) is 22.7 Å². The SMILES string of the molecule is Nc1cccc(C(=O)Oc2cccc3c(N)cccc23)c1. The van der Waals surface area contributed by atoms with Crippen molar-refractivity contribution >= 4 is 28.1 Å². The van der Waals surface area contributed by atoms with Gasteiger partial charge in [-0.05, 0) is 30.3 Å². The second-order valence-electron chi connectivity index (χ2n) is 4.71. The lowest BCUT2D eigenvalue weighted by Crippen LogP contribution is -2.09. The quantitative estimate of drug-likeness (QED) is 0.428. The van der Waals surface area contributed by atoms with Crippen LogP contribution >= 0.6 is 0 Å². The van der Waals surface area contributed by atoms with E-state index in [-0.39, 0.29) is 0 Å². The van der Waals surface area contributed by atoms with Crippen LogP contribution in [0.1, 0.15) is 10.4 Å². The molecule has 0 aliphatic carbocycles. The van der Waals surface area contributed by atoms with Crippen LogP contribution in [0, 0.1) is 0 Å². The highest BCUT2D eigenvalue weighted by atomic mass is 16.5. The zero-order valence-corrected chi connectivity index (χ0v) is 11.2. The van der Waals surface area contributed by atoms with Gasteiger partial charge in [-0.25, -0.2) is 4.79 Å². The molecule has 104 valence electrons. The summed E-state index contributed by atoms with van der Waals surface area (Å²) in [6.07, 6.45) is 0. The highest BCUT2D eigenvalue weighted by Gasteiger charge is 2.11. The maximum atomic E-state index is 12.2. The van der Waals surface area contributed by atoms with Gasteiger partial charge in [0.05, 0.1) is 5.56 Å². The third kappa shape index (κ3) is 2.51. The first-order valence-corrected chi connectivity index (χ1v) is 6.50. The summed E-state index contributed by atoms with van der Waals surface area (Å²) in [5.41, 5.74) is 13.2. The molecule has 0 heterocycles. The van der Waals surface area contributed by atoms with Gasteiger partial charge in [0.2, 0.25) is 0 Å². The minimum Gasteiger partial charge on any atom is -0.422 e. The van der Waals surface area contributed by atoms with Gasteiger partial charge in [-0.15, -0.1) is 0 Å². The second kappa shape index (κ2) is 5.17. The molecule has 4 heteroatoms. The molecule has 0 fully saturated rings. The number of rotatable bonds is 2. The number of carbonyl (C=O) groups excluding carboxylic acids is 1. The van der Waals surface area contributed by atoms with Crippen molar-refractivity contribution in [1.82, 2.24) is 0 Å². The van der Waals surface area contributed by atoms with Gasteiger partial charge < -0.3 is 16.2 Å². The van der Waals surface area contributed by atoms with E-state index in [1.807, 2.05) is 24.3 Å². The Labute approximate surface area is 121 Å². The lowest BCUT2D eigenvalue weighted by molar-refractivity contribution is 0.0737. The van der Waals surface area contributed by atoms with Crippen molar-refractivity contribution in [3.05, 3.63) is 66.2 Å². The number of carbonyl (C=O) groups is 1. The number of fused-ring (bicyclic) bond motifs is 1. The van der Waals surface area contributed by atoms with Crippen molar-refractivity contribution in [2.45, 2.75) is 0 Å². The largest absolute Gasteiger partial charge is 0.422 e. The molecule has 0 saturated heterocycles. The summed E-state index contributed by atoms with van der Waals surface area (Å²) in [6, 6.07) is 17.6. The lowest BCUT2D eigenvalue weighted by atomic mass is 10.1. The fourth-order valence-electron chi connectivity index (χ4n) is 2.22. The van der Waals surface area contributed by atoms with Gasteiger partial charge in [-0.3, -0.25) is 0 Å². The van der Waals surface area contributed by atoms with E-state index < -0.39 is 5.97 Å². The van der Waals surface area contributed by atoms with E-state index >= 15 is 0 Å². The summed E-state index contributed by atoms with van der Waals surface area (Å²) in [6.45, 7) is 0. The van der Waals surface area contributed by atoms with E-state index in [4.69, 9.17) is 16.2 Å². The molecule has 0 aromatic heterocycles. The topological polar surface area (TPSA) is 78.3 Å². The Morgan fingerprint density at radius 3 is 2.38 bits per heavy atom. The number of benzene rings is 3. The van der Waals surface area contributed by atoms with Gasteiger partial charge in [-0.2, -0.15) is 0 Å². The summed E-state index contributed by atoms with van der Waals surface area (Å²) < 4.78 is 5.47. The van der Waals surface area contributed by atoms with Gasteiger partial charge in [0, 0.05) is 22.1 Å². The molecule has 0 bridgehead atoms. The highest BCUT2D eigenvalue weighted by Crippen LogP contribution is 2.29. The van der Waals surface area contributed by atoms with Crippen molar-refractivity contribution in [1.29, 1.82) is 0 Å². The Kier molecular flexibility index (Phi) is 3.20. The van der Waals surface area contributed by atoms with Crippen LogP contribution in [0.2, 0.25) is 0 Å². The van der Waals surface area contributed by atoms with E-state index in [1.165, 1.54) is 0 Å². The van der Waals surface area contributed by atoms with Crippen molar-refractivity contribution in [2.75, 3.05) is 11.5 Å². The third-order valence-corrected chi connectivity index (χ3v) is 3.24. The van der Waals surface area contributed by atoms with Gasteiger partial charge in [-0.1, -0.05) is 30.3 Å². The van der Waals surface area contributed by atoms with Gasteiger partial charge in [0.15, 0.2) is 0 Å². The summed E-state index contributed by atoms with van der Waals surface area (Å²) in [5.74, 6) is 0.0319. The zero-order valence-electron chi connectivity index (χ0n) is 11.2. The number of anilines is 2. The minimum atomic E-state index is -0.447. The first kappa shape index (κ1) is 13.0. The molecule has 0 amide bonds. The minimum absolute atomic E-state index is 0.413. The van der Waals surface area contributed by atoms with Crippen LogP contribution in [-0.2, 0) is 0 Å². The number of hydrogen-bond acceptors (Lipinski definition) is 4. The van der Waals surface area contributed by atoms with E-state index in [9.17, 15) is 4.79 Å². The number of hydrogen-bond donors (Lipinski definition) is 2. The van der Waals surface area contributed by atoms with Crippen molar-refractivity contribution in [3.8, 4) is 5.75 Å². The maximum Gasteiger partial charge on any atom is 0.343 e. The molecule has 4 nitrogen and oxygen atoms in total. The summed E-state index contributed by atoms with van der Waals surface area (Å²) in [4.78, 5) is 12.2. The van der Waals surface area contributed by atoms with Gasteiger partial charge >= 0.3 is 5.97 Å². The Hall–Kier alpha value is -3.01. The molecule has 3 aromatic rings. The molecule has 0 aliphatic rings. The number of nitrogens with two attached hydrogens (primary N) is 2. The standard InChI is InChI=1S/C17H14N2O2/c18-12-5-1-4-11(10-12)17(20)21-16-9-3-6-13-14(16)7-2-8-15(13)19/h1-10H,18-19H2. The molecule has 0 atom stereocenters. The summed E-state index contributed by atoms with van der Waals surface area (Å²) in [7, 11) is 0. The van der Waals surface area contributed by atoms with E-state index in [0.717, 1.165) is 10.8 Å². The molecule has 3 aromatic carbocycles. The Morgan fingerprint density at radius 1 is 0.857 bits per heavy atom. The van der Waals surface area contributed by atoms with Crippen molar-refractivity contribution < 1.29 is 9.53 Å². The maximum absolute atomic E-state index is 12.2. The number of esters is 1. The smallest absolute Gasteiger partial charge is 0.343 e. The van der Waals surface area contributed by atoms with Crippen LogP contribution in [0.25, 0.3) is 10.8 Å². The second-order valence-corrected chi connectivity index (χ2v) is 4.71. The highest BCUT2D eigenvalue weighted by molar-refractivity contribution is 5.99. The Balaban J connectivity index is 1.99. The van der Waals surface area contributed by atoms with Crippen molar-refractivity contribution in [3.63, 3.8) is 0 Å². The van der Waals surface area contributed by atoms with E-state index in [1.54, 1.807) is 36.4 Å². The normalized spacial score (nSPS) is 10.5. The molecule has 0 radical (unpaired) electrons. The van der Waals surface area contributed by atoms with Crippen LogP contribution in [0.5, 0.6) is 5.75 Å². The molecule has 0 saturated carbocycles. The molecule has 21 heavy (non-hydrogen) atoms.